The number of likely N-dealkylation sites (tertiary alicyclic amines) is 1. The van der Waals surface area contributed by atoms with Gasteiger partial charge in [-0.05, 0) is 31.4 Å². The molecule has 1 saturated carbocycles. The molecule has 3 atom stereocenters. The summed E-state index contributed by atoms with van der Waals surface area (Å²) in [4.78, 5) is 2.33. The second kappa shape index (κ2) is 7.61. The molecule has 27 heavy (non-hydrogen) atoms. The van der Waals surface area contributed by atoms with Crippen LogP contribution in [0.4, 0.5) is 4.39 Å². The van der Waals surface area contributed by atoms with Crippen molar-refractivity contribution in [2.24, 2.45) is 5.92 Å². The molecule has 2 aromatic rings. The van der Waals surface area contributed by atoms with E-state index in [9.17, 15) is 9.50 Å². The van der Waals surface area contributed by atoms with E-state index in [1.165, 1.54) is 6.07 Å². The molecule has 4 heteroatoms. The van der Waals surface area contributed by atoms with Crippen LogP contribution in [-0.2, 0) is 6.54 Å². The number of halogens is 1. The van der Waals surface area contributed by atoms with Crippen molar-refractivity contribution < 1.29 is 14.2 Å². The Morgan fingerprint density at radius 1 is 1.11 bits per heavy atom. The minimum absolute atomic E-state index is 0.0276. The number of para-hydroxylation sites is 1. The Bertz CT molecular complexity index is 795. The maximum absolute atomic E-state index is 14.3. The molecule has 4 rings (SSSR count). The van der Waals surface area contributed by atoms with Gasteiger partial charge in [0.1, 0.15) is 11.6 Å². The minimum Gasteiger partial charge on any atom is -0.496 e. The van der Waals surface area contributed by atoms with Gasteiger partial charge < -0.3 is 9.84 Å². The van der Waals surface area contributed by atoms with E-state index in [1.807, 2.05) is 30.3 Å². The van der Waals surface area contributed by atoms with Gasteiger partial charge in [-0.25, -0.2) is 4.39 Å². The predicted octanol–water partition coefficient (Wildman–Crippen LogP) is 4.70. The molecule has 1 saturated heterocycles. The molecule has 2 aromatic carbocycles. The molecule has 1 aliphatic heterocycles. The molecule has 1 heterocycles. The quantitative estimate of drug-likeness (QED) is 0.848. The highest BCUT2D eigenvalue weighted by atomic mass is 19.1. The minimum atomic E-state index is -0.629. The van der Waals surface area contributed by atoms with Gasteiger partial charge in [0.25, 0.3) is 0 Å². The zero-order valence-corrected chi connectivity index (χ0v) is 15.9. The third-order valence-corrected chi connectivity index (χ3v) is 6.46. The van der Waals surface area contributed by atoms with Crippen LogP contribution < -0.4 is 4.74 Å². The molecule has 1 aliphatic carbocycles. The van der Waals surface area contributed by atoms with Crippen LogP contribution in [0, 0.1) is 11.7 Å². The van der Waals surface area contributed by atoms with Crippen LogP contribution in [-0.4, -0.2) is 29.3 Å². The molecule has 2 aliphatic rings. The topological polar surface area (TPSA) is 32.7 Å². The zero-order valence-electron chi connectivity index (χ0n) is 15.9. The van der Waals surface area contributed by atoms with E-state index in [4.69, 9.17) is 4.74 Å². The van der Waals surface area contributed by atoms with Gasteiger partial charge in [-0.15, -0.1) is 0 Å². The lowest BCUT2D eigenvalue weighted by Gasteiger charge is -2.53. The number of aliphatic hydroxyl groups is 1. The second-order valence-electron chi connectivity index (χ2n) is 7.95. The van der Waals surface area contributed by atoms with E-state index in [2.05, 4.69) is 11.0 Å². The average Bonchev–Trinajstić information content (AvgIpc) is 2.69. The first-order chi connectivity index (χ1) is 13.1. The number of hydrogen-bond acceptors (Lipinski definition) is 3. The Kier molecular flexibility index (Phi) is 5.20. The molecule has 0 aromatic heterocycles. The maximum Gasteiger partial charge on any atom is 0.127 e. The second-order valence-corrected chi connectivity index (χ2v) is 7.95. The Hall–Kier alpha value is -1.91. The fourth-order valence-corrected chi connectivity index (χ4v) is 5.09. The van der Waals surface area contributed by atoms with E-state index >= 15 is 0 Å². The van der Waals surface area contributed by atoms with Crippen LogP contribution in [0.1, 0.15) is 49.3 Å². The highest BCUT2D eigenvalue weighted by Gasteiger charge is 2.49. The van der Waals surface area contributed by atoms with E-state index in [0.717, 1.165) is 50.0 Å². The first-order valence-corrected chi connectivity index (χ1v) is 9.95. The third kappa shape index (κ3) is 3.48. The molecule has 1 N–H and O–H groups in total. The van der Waals surface area contributed by atoms with Gasteiger partial charge in [-0.2, -0.15) is 0 Å². The molecule has 144 valence electrons. The Balaban J connectivity index is 1.74. The third-order valence-electron chi connectivity index (χ3n) is 6.46. The lowest BCUT2D eigenvalue weighted by atomic mass is 9.66. The molecule has 3 nitrogen and oxygen atoms in total. The summed E-state index contributed by atoms with van der Waals surface area (Å²) in [6.07, 6.45) is 4.81. The number of ether oxygens (including phenoxy) is 1. The number of benzene rings is 2. The summed E-state index contributed by atoms with van der Waals surface area (Å²) in [7, 11) is 1.69. The van der Waals surface area contributed by atoms with Crippen molar-refractivity contribution in [3.05, 3.63) is 65.5 Å². The molecule has 2 fully saturated rings. The molecule has 0 amide bonds. The van der Waals surface area contributed by atoms with Gasteiger partial charge in [0, 0.05) is 36.2 Å². The first kappa shape index (κ1) is 18.5. The van der Waals surface area contributed by atoms with Gasteiger partial charge in [-0.3, -0.25) is 4.90 Å². The SMILES string of the molecule is COc1ccccc1[C@@H]1[C@H]2CCCC[C@]2(O)CCN1Cc1ccccc1F. The summed E-state index contributed by atoms with van der Waals surface area (Å²) in [6.45, 7) is 1.30. The van der Waals surface area contributed by atoms with Gasteiger partial charge in [0.05, 0.1) is 12.7 Å². The molecule has 0 radical (unpaired) electrons. The number of rotatable bonds is 4. The summed E-state index contributed by atoms with van der Waals surface area (Å²) in [6, 6.07) is 15.1. The van der Waals surface area contributed by atoms with Crippen molar-refractivity contribution >= 4 is 0 Å². The Morgan fingerprint density at radius 3 is 2.70 bits per heavy atom. The van der Waals surface area contributed by atoms with Crippen molar-refractivity contribution in [1.82, 2.24) is 4.90 Å². The van der Waals surface area contributed by atoms with E-state index in [0.29, 0.717) is 12.1 Å². The van der Waals surface area contributed by atoms with Crippen LogP contribution in [0.5, 0.6) is 5.75 Å². The van der Waals surface area contributed by atoms with Crippen LogP contribution in [0.3, 0.4) is 0 Å². The molecular formula is C23H28FNO2. The number of hydrogen-bond donors (Lipinski definition) is 1. The standard InChI is InChI=1S/C23H28FNO2/c1-27-21-12-5-3-9-18(21)22-19-10-6-7-13-23(19,26)14-15-25(22)16-17-8-2-4-11-20(17)24/h2-5,8-9,11-12,19,22,26H,6-7,10,13-16H2,1H3/t19-,22-,23+/m1/s1. The van der Waals surface area contributed by atoms with Crippen LogP contribution in [0.25, 0.3) is 0 Å². The van der Waals surface area contributed by atoms with Crippen molar-refractivity contribution in [2.45, 2.75) is 50.3 Å². The predicted molar refractivity (Wildman–Crippen MR) is 104 cm³/mol. The summed E-state index contributed by atoms with van der Waals surface area (Å²) < 4.78 is 20.0. The fraction of sp³-hybridized carbons (Fsp3) is 0.478. The summed E-state index contributed by atoms with van der Waals surface area (Å²) in [5.74, 6) is 0.819. The summed E-state index contributed by atoms with van der Waals surface area (Å²) in [5, 5.41) is 11.4. The molecule has 0 spiro atoms. The zero-order chi connectivity index (χ0) is 18.9. The smallest absolute Gasteiger partial charge is 0.127 e. The largest absolute Gasteiger partial charge is 0.496 e. The average molecular weight is 369 g/mol. The van der Waals surface area contributed by atoms with Gasteiger partial charge >= 0.3 is 0 Å². The Labute approximate surface area is 160 Å². The van der Waals surface area contributed by atoms with E-state index in [-0.39, 0.29) is 17.8 Å². The Morgan fingerprint density at radius 2 is 1.89 bits per heavy atom. The van der Waals surface area contributed by atoms with Crippen molar-refractivity contribution in [3.63, 3.8) is 0 Å². The number of methoxy groups -OCH3 is 1. The van der Waals surface area contributed by atoms with Crippen molar-refractivity contribution in [2.75, 3.05) is 13.7 Å². The number of nitrogens with zero attached hydrogens (tertiary/aromatic N) is 1. The summed E-state index contributed by atoms with van der Waals surface area (Å²) in [5.41, 5.74) is 1.18. The van der Waals surface area contributed by atoms with Crippen LogP contribution >= 0.6 is 0 Å². The summed E-state index contributed by atoms with van der Waals surface area (Å²) >= 11 is 0. The first-order valence-electron chi connectivity index (χ1n) is 9.95. The van der Waals surface area contributed by atoms with Crippen LogP contribution in [0.15, 0.2) is 48.5 Å². The van der Waals surface area contributed by atoms with Crippen molar-refractivity contribution in [3.8, 4) is 5.75 Å². The number of fused-ring (bicyclic) bond motifs is 1. The number of piperidine rings is 1. The van der Waals surface area contributed by atoms with E-state index in [1.54, 1.807) is 13.2 Å². The van der Waals surface area contributed by atoms with E-state index < -0.39 is 5.60 Å². The highest BCUT2D eigenvalue weighted by Crippen LogP contribution is 2.51. The molecule has 0 bridgehead atoms. The van der Waals surface area contributed by atoms with Crippen LogP contribution in [0.2, 0.25) is 0 Å². The fourth-order valence-electron chi connectivity index (χ4n) is 5.09. The maximum atomic E-state index is 14.3. The van der Waals surface area contributed by atoms with Crippen molar-refractivity contribution in [1.29, 1.82) is 0 Å². The van der Waals surface area contributed by atoms with Gasteiger partial charge in [0.15, 0.2) is 0 Å². The normalized spacial score (nSPS) is 28.6. The van der Waals surface area contributed by atoms with Gasteiger partial charge in [-0.1, -0.05) is 49.2 Å². The van der Waals surface area contributed by atoms with Gasteiger partial charge in [0.2, 0.25) is 0 Å². The molecular weight excluding hydrogens is 341 g/mol. The monoisotopic (exact) mass is 369 g/mol. The lowest BCUT2D eigenvalue weighted by molar-refractivity contribution is -0.126. The highest BCUT2D eigenvalue weighted by molar-refractivity contribution is 5.37. The lowest BCUT2D eigenvalue weighted by Crippen LogP contribution is -2.54. The molecule has 0 unspecified atom stereocenters.